The molecule has 1 aliphatic rings. The van der Waals surface area contributed by atoms with Gasteiger partial charge in [-0.2, -0.15) is 10.2 Å². The Labute approximate surface area is 225 Å². The summed E-state index contributed by atoms with van der Waals surface area (Å²) in [6.45, 7) is 4.95. The Hall–Kier alpha value is -3.95. The molecule has 7 nitrogen and oxygen atoms in total. The molecule has 0 aliphatic carbocycles. The molecule has 9 heteroatoms. The summed E-state index contributed by atoms with van der Waals surface area (Å²) in [5.41, 5.74) is 4.03. The van der Waals surface area contributed by atoms with Crippen molar-refractivity contribution >= 4 is 5.78 Å². The van der Waals surface area contributed by atoms with E-state index >= 15 is 0 Å². The molecule has 0 saturated carbocycles. The number of aryl methyl sites for hydroxylation is 1. The number of carbonyl (C=O) groups is 1. The monoisotopic (exact) mass is 532 g/mol. The fourth-order valence-electron chi connectivity index (χ4n) is 5.09. The molecule has 0 bridgehead atoms. The zero-order valence-electron chi connectivity index (χ0n) is 22.1. The van der Waals surface area contributed by atoms with Gasteiger partial charge >= 0.3 is 0 Å². The summed E-state index contributed by atoms with van der Waals surface area (Å²) in [5, 5.41) is 6.57. The lowest BCUT2D eigenvalue weighted by atomic mass is 9.90. The maximum absolute atomic E-state index is 14.0. The molecule has 1 fully saturated rings. The number of hydrogen-bond acceptors (Lipinski definition) is 5. The molecule has 2 atom stereocenters. The van der Waals surface area contributed by atoms with Crippen LogP contribution in [0.25, 0.3) is 16.9 Å². The van der Waals surface area contributed by atoms with E-state index in [4.69, 9.17) is 9.94 Å². The first-order valence-electron chi connectivity index (χ1n) is 12.9. The first-order chi connectivity index (χ1) is 18.7. The van der Waals surface area contributed by atoms with Gasteiger partial charge in [0.25, 0.3) is 5.56 Å². The van der Waals surface area contributed by atoms with E-state index in [1.807, 2.05) is 50.2 Å². The molecular weight excluding hydrogens is 502 g/mol. The van der Waals surface area contributed by atoms with Crippen LogP contribution in [-0.2, 0) is 23.1 Å². The first-order valence-corrected chi connectivity index (χ1v) is 12.9. The normalized spacial score (nSPS) is 17.6. The smallest absolute Gasteiger partial charge is 0.250 e. The van der Waals surface area contributed by atoms with Crippen LogP contribution in [-0.4, -0.2) is 38.3 Å². The summed E-state index contributed by atoms with van der Waals surface area (Å²) in [6, 6.07) is 16.6. The third-order valence-electron chi connectivity index (χ3n) is 7.23. The Kier molecular flexibility index (Phi) is 7.54. The fourth-order valence-corrected chi connectivity index (χ4v) is 5.09. The van der Waals surface area contributed by atoms with Gasteiger partial charge in [-0.1, -0.05) is 31.2 Å². The summed E-state index contributed by atoms with van der Waals surface area (Å²) >= 11 is 0. The quantitative estimate of drug-likeness (QED) is 0.321. The highest BCUT2D eigenvalue weighted by atomic mass is 19.2. The van der Waals surface area contributed by atoms with E-state index in [-0.39, 0.29) is 30.1 Å². The molecule has 39 heavy (non-hydrogen) atoms. The number of hydroxylamine groups is 2. The molecule has 0 unspecified atom stereocenters. The van der Waals surface area contributed by atoms with E-state index in [9.17, 15) is 18.4 Å². The molecule has 0 amide bonds. The highest BCUT2D eigenvalue weighted by Gasteiger charge is 2.36. The van der Waals surface area contributed by atoms with Gasteiger partial charge in [0.2, 0.25) is 0 Å². The number of Topliss-reactive ketones (excluding diaryl/α,β-unsaturated/α-hetero) is 1. The van der Waals surface area contributed by atoms with E-state index < -0.39 is 17.7 Å². The van der Waals surface area contributed by atoms with Crippen molar-refractivity contribution in [3.63, 3.8) is 0 Å². The Morgan fingerprint density at radius 1 is 1.08 bits per heavy atom. The van der Waals surface area contributed by atoms with Gasteiger partial charge in [-0.25, -0.2) is 13.5 Å². The predicted octanol–water partition coefficient (Wildman–Crippen LogP) is 4.95. The molecule has 0 spiro atoms. The van der Waals surface area contributed by atoms with Crippen LogP contribution in [0, 0.1) is 24.5 Å². The molecule has 4 aromatic rings. The third-order valence-corrected chi connectivity index (χ3v) is 7.23. The van der Waals surface area contributed by atoms with E-state index in [2.05, 4.69) is 0 Å². The zero-order chi connectivity index (χ0) is 27.7. The van der Waals surface area contributed by atoms with Gasteiger partial charge < -0.3 is 4.57 Å². The van der Waals surface area contributed by atoms with Crippen molar-refractivity contribution in [1.29, 1.82) is 0 Å². The maximum Gasteiger partial charge on any atom is 0.250 e. The molecule has 0 N–H and O–H groups in total. The van der Waals surface area contributed by atoms with Crippen LogP contribution in [0.4, 0.5) is 8.78 Å². The van der Waals surface area contributed by atoms with E-state index in [1.54, 1.807) is 23.0 Å². The van der Waals surface area contributed by atoms with Gasteiger partial charge in [-0.15, -0.1) is 0 Å². The number of ketones is 1. The third kappa shape index (κ3) is 5.46. The molecule has 3 heterocycles. The SMILES string of the molecule is CCN1C[C@@H](CC(=O)Cc2c(C)c(-c3ccn(C)c(=O)c3)nn2-c2ccccc2)[C@H](c2ccc(F)c(F)c2)O1. The van der Waals surface area contributed by atoms with Crippen molar-refractivity contribution in [2.75, 3.05) is 13.1 Å². The lowest BCUT2D eigenvalue weighted by molar-refractivity contribution is -0.146. The highest BCUT2D eigenvalue weighted by molar-refractivity contribution is 5.82. The number of benzene rings is 2. The van der Waals surface area contributed by atoms with E-state index in [0.29, 0.717) is 29.9 Å². The molecule has 2 aromatic heterocycles. The van der Waals surface area contributed by atoms with Crippen LogP contribution in [0.15, 0.2) is 71.7 Å². The molecular formula is C30H30F2N4O3. The van der Waals surface area contributed by atoms with Gasteiger partial charge in [-0.3, -0.25) is 14.4 Å². The number of para-hydroxylation sites is 1. The predicted molar refractivity (Wildman–Crippen MR) is 143 cm³/mol. The van der Waals surface area contributed by atoms with Crippen molar-refractivity contribution in [3.05, 3.63) is 106 Å². The number of halogens is 2. The molecule has 0 radical (unpaired) electrons. The van der Waals surface area contributed by atoms with Crippen LogP contribution in [0.5, 0.6) is 0 Å². The van der Waals surface area contributed by atoms with Crippen LogP contribution in [0.2, 0.25) is 0 Å². The first kappa shape index (κ1) is 26.6. The fraction of sp³-hybridized carbons (Fsp3) is 0.300. The number of rotatable bonds is 8. The number of nitrogens with zero attached hydrogens (tertiary/aromatic N) is 4. The largest absolute Gasteiger partial charge is 0.319 e. The van der Waals surface area contributed by atoms with Crippen molar-refractivity contribution in [3.8, 4) is 16.9 Å². The van der Waals surface area contributed by atoms with E-state index in [1.165, 1.54) is 16.7 Å². The van der Waals surface area contributed by atoms with Gasteiger partial charge in [0.15, 0.2) is 11.6 Å². The Morgan fingerprint density at radius 3 is 2.54 bits per heavy atom. The highest BCUT2D eigenvalue weighted by Crippen LogP contribution is 2.37. The van der Waals surface area contributed by atoms with Crippen molar-refractivity contribution in [1.82, 2.24) is 19.4 Å². The topological polar surface area (TPSA) is 69.4 Å². The number of aromatic nitrogens is 3. The average molecular weight is 533 g/mol. The molecule has 202 valence electrons. The van der Waals surface area contributed by atoms with Crippen molar-refractivity contribution < 1.29 is 18.4 Å². The van der Waals surface area contributed by atoms with Crippen molar-refractivity contribution in [2.24, 2.45) is 13.0 Å². The summed E-state index contributed by atoms with van der Waals surface area (Å²) in [6.07, 6.45) is 1.45. The molecule has 1 saturated heterocycles. The summed E-state index contributed by atoms with van der Waals surface area (Å²) < 4.78 is 30.8. The maximum atomic E-state index is 14.0. The number of carbonyl (C=O) groups excluding carboxylic acids is 1. The second-order valence-corrected chi connectivity index (χ2v) is 9.89. The Bertz CT molecular complexity index is 1560. The van der Waals surface area contributed by atoms with Gasteiger partial charge in [0.05, 0.1) is 17.1 Å². The lowest BCUT2D eigenvalue weighted by Crippen LogP contribution is -2.20. The van der Waals surface area contributed by atoms with Crippen LogP contribution in [0.1, 0.15) is 36.3 Å². The average Bonchev–Trinajstić information content (AvgIpc) is 3.48. The standard InChI is InChI=1S/C30H30F2N4O3/c1-4-35-18-22(30(39-35)21-10-11-25(31)26(32)15-21)14-24(37)17-27-19(2)29(20-12-13-34(3)28(38)16-20)33-36(27)23-8-6-5-7-9-23/h5-13,15-16,22,30H,4,14,17-18H2,1-3H3/t22-,30+/m1/s1. The second kappa shape index (κ2) is 11.0. The zero-order valence-corrected chi connectivity index (χ0v) is 22.1. The van der Waals surface area contributed by atoms with Gasteiger partial charge in [-0.05, 0) is 48.4 Å². The summed E-state index contributed by atoms with van der Waals surface area (Å²) in [4.78, 5) is 31.8. The minimum absolute atomic E-state index is 0.0233. The lowest BCUT2D eigenvalue weighted by Gasteiger charge is -2.18. The Balaban J connectivity index is 1.45. The van der Waals surface area contributed by atoms with Crippen LogP contribution in [0.3, 0.4) is 0 Å². The molecule has 1 aliphatic heterocycles. The summed E-state index contributed by atoms with van der Waals surface area (Å²) in [5.74, 6) is -2.12. The number of hydrogen-bond donors (Lipinski definition) is 0. The number of pyridine rings is 1. The minimum Gasteiger partial charge on any atom is -0.319 e. The second-order valence-electron chi connectivity index (χ2n) is 9.89. The Morgan fingerprint density at radius 2 is 1.85 bits per heavy atom. The van der Waals surface area contributed by atoms with Crippen LogP contribution < -0.4 is 5.56 Å². The molecule has 2 aromatic carbocycles. The minimum atomic E-state index is -0.943. The summed E-state index contributed by atoms with van der Waals surface area (Å²) in [7, 11) is 1.69. The van der Waals surface area contributed by atoms with Gasteiger partial charge in [0.1, 0.15) is 11.9 Å². The van der Waals surface area contributed by atoms with Crippen LogP contribution >= 0.6 is 0 Å². The van der Waals surface area contributed by atoms with Crippen molar-refractivity contribution in [2.45, 2.75) is 32.8 Å². The van der Waals surface area contributed by atoms with E-state index in [0.717, 1.165) is 29.1 Å². The van der Waals surface area contributed by atoms with Gasteiger partial charge in [0, 0.05) is 56.7 Å². The molecule has 5 rings (SSSR count).